The van der Waals surface area contributed by atoms with Crippen LogP contribution in [-0.4, -0.2) is 64.0 Å². The number of amides is 1. The molecule has 30 heavy (non-hydrogen) atoms. The molecule has 8 nitrogen and oxygen atoms in total. The van der Waals surface area contributed by atoms with Gasteiger partial charge in [-0.05, 0) is 37.7 Å². The van der Waals surface area contributed by atoms with E-state index in [-0.39, 0.29) is 30.3 Å². The minimum absolute atomic E-state index is 0.0135. The lowest BCUT2D eigenvalue weighted by Gasteiger charge is -2.36. The third kappa shape index (κ3) is 7.02. The number of carbonyl (C=O) groups excluding carboxylic acids is 1. The van der Waals surface area contributed by atoms with Crippen molar-refractivity contribution in [1.82, 2.24) is 10.0 Å². The van der Waals surface area contributed by atoms with Crippen molar-refractivity contribution in [3.8, 4) is 0 Å². The van der Waals surface area contributed by atoms with Crippen LogP contribution in [0.15, 0.2) is 30.3 Å². The average Bonchev–Trinajstić information content (AvgIpc) is 2.75. The molecule has 0 aliphatic carbocycles. The second-order valence-electron chi connectivity index (χ2n) is 7.99. The van der Waals surface area contributed by atoms with Crippen molar-refractivity contribution in [1.29, 1.82) is 0 Å². The van der Waals surface area contributed by atoms with Gasteiger partial charge in [0.25, 0.3) is 0 Å². The zero-order valence-corrected chi connectivity index (χ0v) is 18.0. The summed E-state index contributed by atoms with van der Waals surface area (Å²) in [5.74, 6) is -0.0385. The summed E-state index contributed by atoms with van der Waals surface area (Å²) in [7, 11) is -3.54. The molecule has 2 fully saturated rings. The molecule has 2 aliphatic rings. The number of rotatable bonds is 9. The van der Waals surface area contributed by atoms with Gasteiger partial charge in [0.2, 0.25) is 15.9 Å². The number of sulfonamides is 1. The van der Waals surface area contributed by atoms with E-state index in [9.17, 15) is 18.3 Å². The van der Waals surface area contributed by atoms with E-state index in [1.54, 1.807) is 24.3 Å². The molecule has 0 bridgehead atoms. The first-order valence-corrected chi connectivity index (χ1v) is 12.3. The summed E-state index contributed by atoms with van der Waals surface area (Å²) >= 11 is 0. The standard InChI is InChI=1S/C21H32N2O6S/c24-14-20-19(23-30(26,27)15-16-4-2-1-3-5-16)7-6-18(29-20)8-11-22-21(25)17-9-12-28-13-10-17/h1-5,17-20,23-24H,6-15H2,(H,22,25)/t18-,19-,20-/m0/s1. The van der Waals surface area contributed by atoms with Gasteiger partial charge in [0.05, 0.1) is 30.6 Å². The lowest BCUT2D eigenvalue weighted by molar-refractivity contribution is -0.128. The number of ether oxygens (including phenoxy) is 2. The van der Waals surface area contributed by atoms with Gasteiger partial charge in [-0.15, -0.1) is 0 Å². The maximum Gasteiger partial charge on any atom is 0.223 e. The van der Waals surface area contributed by atoms with E-state index >= 15 is 0 Å². The van der Waals surface area contributed by atoms with E-state index in [1.807, 2.05) is 6.07 Å². The number of aliphatic hydroxyl groups excluding tert-OH is 1. The summed E-state index contributed by atoms with van der Waals surface area (Å²) in [6.45, 7) is 1.50. The summed E-state index contributed by atoms with van der Waals surface area (Å²) in [5, 5.41) is 12.7. The Hall–Kier alpha value is -1.52. The van der Waals surface area contributed by atoms with Gasteiger partial charge >= 0.3 is 0 Å². The average molecular weight is 441 g/mol. The lowest BCUT2D eigenvalue weighted by Crippen LogP contribution is -2.51. The number of carbonyl (C=O) groups is 1. The normalized spacial score (nSPS) is 25.7. The van der Waals surface area contributed by atoms with E-state index in [1.165, 1.54) is 0 Å². The molecular formula is C21H32N2O6S. The molecule has 2 saturated heterocycles. The van der Waals surface area contributed by atoms with Crippen molar-refractivity contribution in [2.45, 2.75) is 56.1 Å². The first-order valence-electron chi connectivity index (χ1n) is 10.6. The van der Waals surface area contributed by atoms with Crippen LogP contribution in [0.5, 0.6) is 0 Å². The zero-order chi connectivity index (χ0) is 21.4. The summed E-state index contributed by atoms with van der Waals surface area (Å²) in [6.07, 6.45) is 2.67. The van der Waals surface area contributed by atoms with Gasteiger partial charge in [-0.1, -0.05) is 30.3 Å². The molecule has 3 N–H and O–H groups in total. The topological polar surface area (TPSA) is 114 Å². The fraction of sp³-hybridized carbons (Fsp3) is 0.667. The van der Waals surface area contributed by atoms with Crippen molar-refractivity contribution in [2.24, 2.45) is 5.92 Å². The van der Waals surface area contributed by atoms with Gasteiger partial charge < -0.3 is 19.9 Å². The third-order valence-electron chi connectivity index (χ3n) is 5.68. The molecule has 3 atom stereocenters. The fourth-order valence-corrected chi connectivity index (χ4v) is 5.45. The van der Waals surface area contributed by atoms with E-state index in [0.29, 0.717) is 44.6 Å². The second kappa shape index (κ2) is 11.2. The van der Waals surface area contributed by atoms with Crippen LogP contribution in [0.4, 0.5) is 0 Å². The van der Waals surface area contributed by atoms with E-state index in [2.05, 4.69) is 10.0 Å². The van der Waals surface area contributed by atoms with E-state index in [0.717, 1.165) is 12.8 Å². The van der Waals surface area contributed by atoms with Gasteiger partial charge in [0, 0.05) is 25.7 Å². The van der Waals surface area contributed by atoms with Crippen molar-refractivity contribution < 1.29 is 27.8 Å². The molecule has 2 heterocycles. The molecule has 168 valence electrons. The van der Waals surface area contributed by atoms with E-state index in [4.69, 9.17) is 9.47 Å². The molecule has 1 aromatic carbocycles. The molecule has 2 aliphatic heterocycles. The first-order chi connectivity index (χ1) is 14.5. The Labute approximate surface area is 178 Å². The minimum atomic E-state index is -3.54. The van der Waals surface area contributed by atoms with Crippen LogP contribution in [0.3, 0.4) is 0 Å². The summed E-state index contributed by atoms with van der Waals surface area (Å²) < 4.78 is 38.9. The van der Waals surface area contributed by atoms with Gasteiger partial charge in [-0.2, -0.15) is 0 Å². The Morgan fingerprint density at radius 3 is 2.53 bits per heavy atom. The van der Waals surface area contributed by atoms with Crippen LogP contribution in [0, 0.1) is 5.92 Å². The maximum atomic E-state index is 12.5. The molecule has 1 amide bonds. The molecule has 0 unspecified atom stereocenters. The number of hydrogen-bond acceptors (Lipinski definition) is 6. The van der Waals surface area contributed by atoms with Crippen molar-refractivity contribution >= 4 is 15.9 Å². The Kier molecular flexibility index (Phi) is 8.64. The van der Waals surface area contributed by atoms with Crippen LogP contribution in [0.1, 0.15) is 37.7 Å². The Bertz CT molecular complexity index is 767. The van der Waals surface area contributed by atoms with Crippen LogP contribution in [-0.2, 0) is 30.0 Å². The second-order valence-corrected chi connectivity index (χ2v) is 9.75. The van der Waals surface area contributed by atoms with Gasteiger partial charge in [0.1, 0.15) is 0 Å². The van der Waals surface area contributed by atoms with Crippen molar-refractivity contribution in [3.05, 3.63) is 35.9 Å². The molecule has 0 radical (unpaired) electrons. The predicted octanol–water partition coefficient (Wildman–Crippen LogP) is 0.947. The SMILES string of the molecule is O=C(NCC[C@@H]1CC[C@H](NS(=O)(=O)Cc2ccccc2)[C@H](CO)O1)C1CCOCC1. The molecule has 0 aromatic heterocycles. The Morgan fingerprint density at radius 2 is 1.83 bits per heavy atom. The Balaban J connectivity index is 1.43. The Morgan fingerprint density at radius 1 is 1.10 bits per heavy atom. The number of benzene rings is 1. The monoisotopic (exact) mass is 440 g/mol. The zero-order valence-electron chi connectivity index (χ0n) is 17.2. The highest BCUT2D eigenvalue weighted by molar-refractivity contribution is 7.88. The number of hydrogen-bond donors (Lipinski definition) is 3. The van der Waals surface area contributed by atoms with Crippen LogP contribution in [0.2, 0.25) is 0 Å². The maximum absolute atomic E-state index is 12.5. The van der Waals surface area contributed by atoms with Crippen LogP contribution in [0.25, 0.3) is 0 Å². The summed E-state index contributed by atoms with van der Waals surface area (Å²) in [6, 6.07) is 8.52. The highest BCUT2D eigenvalue weighted by Crippen LogP contribution is 2.23. The van der Waals surface area contributed by atoms with Crippen molar-refractivity contribution in [3.63, 3.8) is 0 Å². The third-order valence-corrected chi connectivity index (χ3v) is 7.06. The molecular weight excluding hydrogens is 408 g/mol. The molecule has 3 rings (SSSR count). The fourth-order valence-electron chi connectivity index (χ4n) is 4.01. The molecule has 0 spiro atoms. The van der Waals surface area contributed by atoms with Crippen molar-refractivity contribution in [2.75, 3.05) is 26.4 Å². The van der Waals surface area contributed by atoms with Crippen LogP contribution < -0.4 is 10.0 Å². The highest BCUT2D eigenvalue weighted by atomic mass is 32.2. The number of nitrogens with one attached hydrogen (secondary N) is 2. The lowest BCUT2D eigenvalue weighted by atomic mass is 9.97. The quantitative estimate of drug-likeness (QED) is 0.527. The molecule has 0 saturated carbocycles. The van der Waals surface area contributed by atoms with Gasteiger partial charge in [0.15, 0.2) is 0 Å². The van der Waals surface area contributed by atoms with E-state index < -0.39 is 22.2 Å². The highest BCUT2D eigenvalue weighted by Gasteiger charge is 2.33. The molecule has 1 aromatic rings. The largest absolute Gasteiger partial charge is 0.394 e. The molecule has 9 heteroatoms. The summed E-state index contributed by atoms with van der Waals surface area (Å²) in [5.41, 5.74) is 0.709. The minimum Gasteiger partial charge on any atom is -0.394 e. The smallest absolute Gasteiger partial charge is 0.223 e. The first kappa shape index (κ1) is 23.1. The van der Waals surface area contributed by atoms with Crippen LogP contribution >= 0.6 is 0 Å². The summed E-state index contributed by atoms with van der Waals surface area (Å²) in [4.78, 5) is 12.2. The van der Waals surface area contributed by atoms with Gasteiger partial charge in [-0.3, -0.25) is 4.79 Å². The van der Waals surface area contributed by atoms with Gasteiger partial charge in [-0.25, -0.2) is 13.1 Å². The number of aliphatic hydroxyl groups is 1. The predicted molar refractivity (Wildman–Crippen MR) is 112 cm³/mol.